The normalized spacial score (nSPS) is 14.9. The minimum atomic E-state index is -0.226. The molecule has 0 spiro atoms. The molecule has 0 unspecified atom stereocenters. The van der Waals surface area contributed by atoms with Gasteiger partial charge in [0.2, 0.25) is 5.88 Å². The summed E-state index contributed by atoms with van der Waals surface area (Å²) in [6.45, 7) is 2.25. The molecule has 0 aliphatic heterocycles. The van der Waals surface area contributed by atoms with Crippen LogP contribution in [0.1, 0.15) is 47.4 Å². The van der Waals surface area contributed by atoms with Crippen molar-refractivity contribution in [3.63, 3.8) is 0 Å². The Balaban J connectivity index is 1.59. The number of carbonyl (C=O) groups is 1. The summed E-state index contributed by atoms with van der Waals surface area (Å²) >= 11 is 3.35. The maximum Gasteiger partial charge on any atom is 0.273 e. The maximum absolute atomic E-state index is 12.1. The number of aromatic nitrogens is 3. The van der Waals surface area contributed by atoms with Crippen molar-refractivity contribution in [2.75, 3.05) is 0 Å². The number of rotatable bonds is 5. The first-order valence-electron chi connectivity index (χ1n) is 7.73. The molecule has 6 nitrogen and oxygen atoms in total. The summed E-state index contributed by atoms with van der Waals surface area (Å²) in [7, 11) is 0. The van der Waals surface area contributed by atoms with E-state index in [1.807, 2.05) is 19.1 Å². The number of ether oxygens (including phenoxy) is 1. The number of pyridine rings is 1. The van der Waals surface area contributed by atoms with Crippen molar-refractivity contribution in [2.24, 2.45) is 0 Å². The molecule has 3 rings (SSSR count). The van der Waals surface area contributed by atoms with E-state index in [1.54, 1.807) is 6.20 Å². The smallest absolute Gasteiger partial charge is 0.273 e. The van der Waals surface area contributed by atoms with Crippen LogP contribution in [0, 0.1) is 6.92 Å². The highest BCUT2D eigenvalue weighted by Crippen LogP contribution is 2.23. The van der Waals surface area contributed by atoms with Crippen molar-refractivity contribution in [1.82, 2.24) is 20.5 Å². The predicted octanol–water partition coefficient (Wildman–Crippen LogP) is 3.13. The minimum Gasteiger partial charge on any atom is -0.474 e. The van der Waals surface area contributed by atoms with Crippen LogP contribution in [0.4, 0.5) is 0 Å². The highest BCUT2D eigenvalue weighted by atomic mass is 79.9. The van der Waals surface area contributed by atoms with Gasteiger partial charge in [-0.05, 0) is 60.2 Å². The number of H-pyrrole nitrogens is 1. The highest BCUT2D eigenvalue weighted by Gasteiger charge is 2.18. The van der Waals surface area contributed by atoms with Gasteiger partial charge in [-0.25, -0.2) is 4.98 Å². The monoisotopic (exact) mass is 378 g/mol. The third-order valence-electron chi connectivity index (χ3n) is 3.93. The molecule has 1 aliphatic carbocycles. The zero-order valence-corrected chi connectivity index (χ0v) is 14.5. The van der Waals surface area contributed by atoms with Crippen molar-refractivity contribution in [2.45, 2.75) is 45.3 Å². The fourth-order valence-electron chi connectivity index (χ4n) is 2.63. The van der Waals surface area contributed by atoms with Crippen LogP contribution >= 0.6 is 15.9 Å². The zero-order valence-electron chi connectivity index (χ0n) is 12.9. The molecule has 2 heterocycles. The van der Waals surface area contributed by atoms with Gasteiger partial charge < -0.3 is 10.1 Å². The van der Waals surface area contributed by atoms with Crippen LogP contribution in [0.15, 0.2) is 22.8 Å². The standard InChI is InChI=1S/C16H19BrN4O2/c1-10-14(17)15(21-20-10)16(22)19-9-11-6-7-18-13(8-11)23-12-4-2-3-5-12/h6-8,12H,2-5,9H2,1H3,(H,19,22)(H,20,21). The van der Waals surface area contributed by atoms with Crippen LogP contribution in [-0.2, 0) is 6.54 Å². The van der Waals surface area contributed by atoms with Crippen molar-refractivity contribution >= 4 is 21.8 Å². The third-order valence-corrected chi connectivity index (χ3v) is 4.90. The second-order valence-electron chi connectivity index (χ2n) is 5.72. The van der Waals surface area contributed by atoms with E-state index in [1.165, 1.54) is 12.8 Å². The summed E-state index contributed by atoms with van der Waals surface area (Å²) < 4.78 is 6.57. The molecule has 1 amide bonds. The molecule has 2 aromatic rings. The Morgan fingerprint density at radius 2 is 2.26 bits per heavy atom. The Hall–Kier alpha value is -1.89. The van der Waals surface area contributed by atoms with Gasteiger partial charge in [-0.3, -0.25) is 9.89 Å². The van der Waals surface area contributed by atoms with Gasteiger partial charge in [-0.1, -0.05) is 0 Å². The van der Waals surface area contributed by atoms with Gasteiger partial charge in [0.05, 0.1) is 4.47 Å². The largest absolute Gasteiger partial charge is 0.474 e. The van der Waals surface area contributed by atoms with Gasteiger partial charge in [0, 0.05) is 24.5 Å². The summed E-state index contributed by atoms with van der Waals surface area (Å²) in [5.41, 5.74) is 2.13. The number of nitrogens with one attached hydrogen (secondary N) is 2. The molecule has 2 N–H and O–H groups in total. The van der Waals surface area contributed by atoms with E-state index in [4.69, 9.17) is 4.74 Å². The van der Waals surface area contributed by atoms with Gasteiger partial charge in [-0.2, -0.15) is 5.10 Å². The second-order valence-corrected chi connectivity index (χ2v) is 6.51. The van der Waals surface area contributed by atoms with E-state index < -0.39 is 0 Å². The van der Waals surface area contributed by atoms with Crippen molar-refractivity contribution in [3.05, 3.63) is 39.8 Å². The maximum atomic E-state index is 12.1. The molecule has 0 saturated heterocycles. The molecule has 0 atom stereocenters. The lowest BCUT2D eigenvalue weighted by Gasteiger charge is -2.12. The highest BCUT2D eigenvalue weighted by molar-refractivity contribution is 9.10. The van der Waals surface area contributed by atoms with Crippen molar-refractivity contribution < 1.29 is 9.53 Å². The molecular formula is C16H19BrN4O2. The molecule has 122 valence electrons. The molecule has 1 aliphatic rings. The number of halogens is 1. The van der Waals surface area contributed by atoms with Crippen LogP contribution < -0.4 is 10.1 Å². The Morgan fingerprint density at radius 1 is 1.48 bits per heavy atom. The number of carbonyl (C=O) groups excluding carboxylic acids is 1. The first kappa shape index (κ1) is 16.0. The van der Waals surface area contributed by atoms with Gasteiger partial charge >= 0.3 is 0 Å². The molecule has 1 fully saturated rings. The summed E-state index contributed by atoms with van der Waals surface area (Å²) in [6.07, 6.45) is 6.61. The Bertz CT molecular complexity index is 695. The molecular weight excluding hydrogens is 360 g/mol. The first-order valence-corrected chi connectivity index (χ1v) is 8.53. The van der Waals surface area contributed by atoms with E-state index >= 15 is 0 Å². The number of amides is 1. The quantitative estimate of drug-likeness (QED) is 0.837. The molecule has 0 bridgehead atoms. The van der Waals surface area contributed by atoms with Gasteiger partial charge in [0.15, 0.2) is 5.69 Å². The average molecular weight is 379 g/mol. The fourth-order valence-corrected chi connectivity index (χ4v) is 2.99. The van der Waals surface area contributed by atoms with Gasteiger partial charge in [0.1, 0.15) is 6.10 Å². The average Bonchev–Trinajstić information content (AvgIpc) is 3.17. The van der Waals surface area contributed by atoms with E-state index in [0.29, 0.717) is 22.6 Å². The molecule has 23 heavy (non-hydrogen) atoms. The SMILES string of the molecule is Cc1[nH]nc(C(=O)NCc2ccnc(OC3CCCC3)c2)c1Br. The topological polar surface area (TPSA) is 79.9 Å². The molecule has 0 aromatic carbocycles. The third kappa shape index (κ3) is 3.90. The molecule has 1 saturated carbocycles. The fraction of sp³-hybridized carbons (Fsp3) is 0.438. The number of aryl methyl sites for hydroxylation is 1. The summed E-state index contributed by atoms with van der Waals surface area (Å²) in [5.74, 6) is 0.400. The van der Waals surface area contributed by atoms with Crippen LogP contribution in [0.3, 0.4) is 0 Å². The number of hydrogen-bond acceptors (Lipinski definition) is 4. The van der Waals surface area contributed by atoms with Crippen molar-refractivity contribution in [1.29, 1.82) is 0 Å². The van der Waals surface area contributed by atoms with Crippen LogP contribution in [0.25, 0.3) is 0 Å². The van der Waals surface area contributed by atoms with Gasteiger partial charge in [-0.15, -0.1) is 0 Å². The second kappa shape index (κ2) is 7.12. The van der Waals surface area contributed by atoms with E-state index in [9.17, 15) is 4.79 Å². The number of nitrogens with zero attached hydrogens (tertiary/aromatic N) is 2. The first-order chi connectivity index (χ1) is 11.1. The van der Waals surface area contributed by atoms with Crippen LogP contribution in [0.5, 0.6) is 5.88 Å². The van der Waals surface area contributed by atoms with Gasteiger partial charge in [0.25, 0.3) is 5.91 Å². The zero-order chi connectivity index (χ0) is 16.2. The van der Waals surface area contributed by atoms with E-state index in [2.05, 4.69) is 36.4 Å². The van der Waals surface area contributed by atoms with E-state index in [-0.39, 0.29) is 12.0 Å². The van der Waals surface area contributed by atoms with Crippen molar-refractivity contribution in [3.8, 4) is 5.88 Å². The van der Waals surface area contributed by atoms with Crippen LogP contribution in [0.2, 0.25) is 0 Å². The predicted molar refractivity (Wildman–Crippen MR) is 89.3 cm³/mol. The lowest BCUT2D eigenvalue weighted by molar-refractivity contribution is 0.0945. The lowest BCUT2D eigenvalue weighted by atomic mass is 10.2. The molecule has 2 aromatic heterocycles. The van der Waals surface area contributed by atoms with E-state index in [0.717, 1.165) is 24.1 Å². The number of hydrogen-bond donors (Lipinski definition) is 2. The summed E-state index contributed by atoms with van der Waals surface area (Å²) in [6, 6.07) is 3.75. The molecule has 7 heteroatoms. The number of aromatic amines is 1. The van der Waals surface area contributed by atoms with Crippen LogP contribution in [-0.4, -0.2) is 27.2 Å². The summed E-state index contributed by atoms with van der Waals surface area (Å²) in [5, 5.41) is 9.63. The Kier molecular flexibility index (Phi) is 4.95. The lowest BCUT2D eigenvalue weighted by Crippen LogP contribution is -2.23. The summed E-state index contributed by atoms with van der Waals surface area (Å²) in [4.78, 5) is 16.4. The Labute approximate surface area is 143 Å². The Morgan fingerprint density at radius 3 is 2.96 bits per heavy atom. The molecule has 0 radical (unpaired) electrons. The minimum absolute atomic E-state index is 0.226.